The van der Waals surface area contributed by atoms with E-state index in [4.69, 9.17) is 14.3 Å². The van der Waals surface area contributed by atoms with Gasteiger partial charge >= 0.3 is 5.97 Å². The quantitative estimate of drug-likeness (QED) is 0.297. The van der Waals surface area contributed by atoms with E-state index < -0.39 is 5.97 Å². The number of nitrogens with zero attached hydrogens (tertiary/aromatic N) is 1. The van der Waals surface area contributed by atoms with Gasteiger partial charge in [-0.05, 0) is 54.6 Å². The lowest BCUT2D eigenvalue weighted by Crippen LogP contribution is -2.24. The van der Waals surface area contributed by atoms with Crippen LogP contribution in [0.3, 0.4) is 0 Å². The van der Waals surface area contributed by atoms with Gasteiger partial charge in [0.2, 0.25) is 5.89 Å². The van der Waals surface area contributed by atoms with Gasteiger partial charge in [-0.25, -0.2) is 4.98 Å². The molecule has 0 aliphatic carbocycles. The molecular formula is C27H26N2O5S. The van der Waals surface area contributed by atoms with Crippen molar-refractivity contribution < 1.29 is 23.8 Å². The third-order valence-corrected chi connectivity index (χ3v) is 6.33. The molecule has 1 amide bonds. The number of rotatable bonds is 11. The average molecular weight is 491 g/mol. The van der Waals surface area contributed by atoms with Crippen molar-refractivity contribution in [1.82, 2.24) is 10.3 Å². The number of carbonyl (C=O) groups is 2. The fourth-order valence-electron chi connectivity index (χ4n) is 3.62. The van der Waals surface area contributed by atoms with Crippen molar-refractivity contribution in [2.24, 2.45) is 0 Å². The fourth-order valence-corrected chi connectivity index (χ4v) is 4.27. The van der Waals surface area contributed by atoms with Crippen LogP contribution in [0, 0.1) is 6.92 Å². The highest BCUT2D eigenvalue weighted by Gasteiger charge is 2.15. The molecule has 0 saturated heterocycles. The second-order valence-corrected chi connectivity index (χ2v) is 8.99. The van der Waals surface area contributed by atoms with E-state index in [-0.39, 0.29) is 18.7 Å². The maximum Gasteiger partial charge on any atom is 0.303 e. The molecule has 0 radical (unpaired) electrons. The molecule has 7 nitrogen and oxygen atoms in total. The third-order valence-electron chi connectivity index (χ3n) is 5.46. The zero-order valence-corrected chi connectivity index (χ0v) is 20.1. The lowest BCUT2D eigenvalue weighted by atomic mass is 10.0. The molecule has 4 aromatic rings. The molecule has 2 aromatic carbocycles. The molecule has 2 aromatic heterocycles. The van der Waals surface area contributed by atoms with Gasteiger partial charge in [0, 0.05) is 28.8 Å². The molecule has 0 saturated carbocycles. The summed E-state index contributed by atoms with van der Waals surface area (Å²) in [6.45, 7) is 2.64. The van der Waals surface area contributed by atoms with Crippen molar-refractivity contribution in [2.75, 3.05) is 6.61 Å². The number of thiophene rings is 1. The second kappa shape index (κ2) is 11.5. The van der Waals surface area contributed by atoms with Gasteiger partial charge < -0.3 is 19.6 Å². The predicted molar refractivity (Wildman–Crippen MR) is 134 cm³/mol. The topological polar surface area (TPSA) is 102 Å². The average Bonchev–Trinajstić information content (AvgIpc) is 3.52. The minimum absolute atomic E-state index is 0.0550. The van der Waals surface area contributed by atoms with Gasteiger partial charge in [-0.15, -0.1) is 11.3 Å². The van der Waals surface area contributed by atoms with Crippen LogP contribution in [0.2, 0.25) is 0 Å². The van der Waals surface area contributed by atoms with Crippen molar-refractivity contribution in [2.45, 2.75) is 32.7 Å². The van der Waals surface area contributed by atoms with Crippen LogP contribution < -0.4 is 10.1 Å². The molecule has 0 fully saturated rings. The van der Waals surface area contributed by atoms with Crippen LogP contribution in [0.1, 0.15) is 38.7 Å². The summed E-state index contributed by atoms with van der Waals surface area (Å²) in [5, 5.41) is 13.9. The van der Waals surface area contributed by atoms with Crippen molar-refractivity contribution >= 4 is 23.2 Å². The largest absolute Gasteiger partial charge is 0.493 e. The first kappa shape index (κ1) is 24.2. The van der Waals surface area contributed by atoms with Crippen LogP contribution >= 0.6 is 11.3 Å². The Morgan fingerprint density at radius 2 is 1.91 bits per heavy atom. The number of hydrogen-bond donors (Lipinski definition) is 2. The number of aryl methyl sites for hydroxylation is 2. The first-order valence-electron chi connectivity index (χ1n) is 11.3. The summed E-state index contributed by atoms with van der Waals surface area (Å²) < 4.78 is 11.7. The highest BCUT2D eigenvalue weighted by atomic mass is 32.1. The summed E-state index contributed by atoms with van der Waals surface area (Å²) in [6, 6.07) is 18.8. The van der Waals surface area contributed by atoms with Gasteiger partial charge in [0.1, 0.15) is 11.5 Å². The maximum atomic E-state index is 12.9. The Kier molecular flexibility index (Phi) is 7.95. The highest BCUT2D eigenvalue weighted by molar-refractivity contribution is 7.09. The lowest BCUT2D eigenvalue weighted by molar-refractivity contribution is -0.136. The van der Waals surface area contributed by atoms with Gasteiger partial charge in [-0.2, -0.15) is 0 Å². The number of nitrogens with one attached hydrogen (secondary N) is 1. The standard InChI is InChI=1S/C27H26N2O5S/c1-18-24(29-27(34-18)20-6-3-2-4-7-20)13-14-33-21-11-9-19(10-12-25(30)31)23(16-21)26(32)28-17-22-8-5-15-35-22/h2-9,11,15-16H,10,12-14,17H2,1H3,(H,28,32)(H,30,31). The first-order valence-corrected chi connectivity index (χ1v) is 12.2. The van der Waals surface area contributed by atoms with Crippen LogP contribution in [0.15, 0.2) is 70.5 Å². The number of aromatic nitrogens is 1. The van der Waals surface area contributed by atoms with Crippen LogP contribution in [-0.4, -0.2) is 28.6 Å². The lowest BCUT2D eigenvalue weighted by Gasteiger charge is -2.12. The number of carboxylic acid groups (broad SMARTS) is 1. The Labute approximate surface area is 207 Å². The molecule has 0 spiro atoms. The summed E-state index contributed by atoms with van der Waals surface area (Å²) >= 11 is 1.56. The molecule has 0 aliphatic heterocycles. The molecule has 0 unspecified atom stereocenters. The van der Waals surface area contributed by atoms with Gasteiger partial charge in [-0.3, -0.25) is 9.59 Å². The Hall–Kier alpha value is -3.91. The molecule has 4 rings (SSSR count). The van der Waals surface area contributed by atoms with Gasteiger partial charge in [-0.1, -0.05) is 30.3 Å². The van der Waals surface area contributed by atoms with Crippen molar-refractivity contribution in [3.63, 3.8) is 0 Å². The van der Waals surface area contributed by atoms with Crippen LogP contribution in [0.25, 0.3) is 11.5 Å². The summed E-state index contributed by atoms with van der Waals surface area (Å²) in [4.78, 5) is 29.6. The van der Waals surface area contributed by atoms with E-state index in [9.17, 15) is 9.59 Å². The first-order chi connectivity index (χ1) is 17.0. The number of ether oxygens (including phenoxy) is 1. The van der Waals surface area contributed by atoms with Gasteiger partial charge in [0.05, 0.1) is 18.8 Å². The van der Waals surface area contributed by atoms with Crippen molar-refractivity contribution in [1.29, 1.82) is 0 Å². The minimum Gasteiger partial charge on any atom is -0.493 e. The van der Waals surface area contributed by atoms with Crippen molar-refractivity contribution in [3.8, 4) is 17.2 Å². The summed E-state index contributed by atoms with van der Waals surface area (Å²) in [6.07, 6.45) is 0.751. The number of amides is 1. The zero-order chi connectivity index (χ0) is 24.6. The number of aliphatic carboxylic acids is 1. The molecule has 180 valence electrons. The Bertz CT molecular complexity index is 1280. The number of carbonyl (C=O) groups excluding carboxylic acids is 1. The molecular weight excluding hydrogens is 464 g/mol. The third kappa shape index (κ3) is 6.58. The molecule has 35 heavy (non-hydrogen) atoms. The smallest absolute Gasteiger partial charge is 0.303 e. The van der Waals surface area contributed by atoms with Gasteiger partial charge in [0.25, 0.3) is 5.91 Å². The maximum absolute atomic E-state index is 12.9. The number of oxazole rings is 1. The fraction of sp³-hybridized carbons (Fsp3) is 0.222. The Morgan fingerprint density at radius 1 is 1.09 bits per heavy atom. The zero-order valence-electron chi connectivity index (χ0n) is 19.3. The van der Waals surface area contributed by atoms with E-state index in [0.717, 1.165) is 21.9 Å². The molecule has 0 atom stereocenters. The van der Waals surface area contributed by atoms with E-state index in [2.05, 4.69) is 10.3 Å². The number of benzene rings is 2. The molecule has 2 N–H and O–H groups in total. The van der Waals surface area contributed by atoms with E-state index in [1.165, 1.54) is 0 Å². The van der Waals surface area contributed by atoms with E-state index in [1.807, 2.05) is 54.8 Å². The summed E-state index contributed by atoms with van der Waals surface area (Å²) in [5.74, 6) is 0.683. The normalized spacial score (nSPS) is 10.8. The van der Waals surface area contributed by atoms with Crippen LogP contribution in [0.5, 0.6) is 5.75 Å². The Balaban J connectivity index is 1.42. The van der Waals surface area contributed by atoms with Crippen molar-refractivity contribution in [3.05, 3.63) is 93.5 Å². The molecule has 8 heteroatoms. The summed E-state index contributed by atoms with van der Waals surface area (Å²) in [5.41, 5.74) is 2.82. The van der Waals surface area contributed by atoms with E-state index in [1.54, 1.807) is 29.5 Å². The molecule has 2 heterocycles. The van der Waals surface area contributed by atoms with Crippen LogP contribution in [0.4, 0.5) is 0 Å². The second-order valence-electron chi connectivity index (χ2n) is 7.96. The summed E-state index contributed by atoms with van der Waals surface area (Å²) in [7, 11) is 0. The molecule has 0 aliphatic rings. The molecule has 0 bridgehead atoms. The number of hydrogen-bond acceptors (Lipinski definition) is 6. The monoisotopic (exact) mass is 490 g/mol. The minimum atomic E-state index is -0.909. The number of carboxylic acids is 1. The Morgan fingerprint density at radius 3 is 2.66 bits per heavy atom. The predicted octanol–water partition coefficient (Wildman–Crippen LogP) is 5.28. The van der Waals surface area contributed by atoms with Crippen LogP contribution in [-0.2, 0) is 24.2 Å². The van der Waals surface area contributed by atoms with E-state index >= 15 is 0 Å². The highest BCUT2D eigenvalue weighted by Crippen LogP contribution is 2.23. The SMILES string of the molecule is Cc1oc(-c2ccccc2)nc1CCOc1ccc(CCC(=O)O)c(C(=O)NCc2cccs2)c1. The van der Waals surface area contributed by atoms with Gasteiger partial charge in [0.15, 0.2) is 0 Å². The van der Waals surface area contributed by atoms with E-state index in [0.29, 0.717) is 42.3 Å².